The van der Waals surface area contributed by atoms with Gasteiger partial charge in [0.2, 0.25) is 11.0 Å². The number of nitrogens with one attached hydrogen (secondary N) is 2. The van der Waals surface area contributed by atoms with Crippen LogP contribution in [-0.4, -0.2) is 55.4 Å². The molecule has 0 radical (unpaired) electrons. The number of nitriles is 1. The third-order valence-electron chi connectivity index (χ3n) is 7.06. The second kappa shape index (κ2) is 9.12. The van der Waals surface area contributed by atoms with Crippen LogP contribution in [0.4, 0.5) is 10.8 Å². The number of rotatable bonds is 6. The van der Waals surface area contributed by atoms with Gasteiger partial charge >= 0.3 is 0 Å². The van der Waals surface area contributed by atoms with Crippen LogP contribution in [0.3, 0.4) is 0 Å². The number of piperidine rings is 1. The third-order valence-corrected chi connectivity index (χ3v) is 8.05. The molecule has 4 aromatic rings. The molecule has 2 aliphatic rings. The molecule has 1 aliphatic carbocycles. The molecule has 0 unspecified atom stereocenters. The van der Waals surface area contributed by atoms with Gasteiger partial charge in [-0.2, -0.15) is 10.4 Å². The van der Waals surface area contributed by atoms with Crippen molar-refractivity contribution in [2.24, 2.45) is 5.92 Å². The molecule has 2 bridgehead atoms. The van der Waals surface area contributed by atoms with E-state index in [1.807, 2.05) is 30.5 Å². The summed E-state index contributed by atoms with van der Waals surface area (Å²) < 4.78 is 1.79. The first kappa shape index (κ1) is 23.4. The molecule has 1 saturated heterocycles. The van der Waals surface area contributed by atoms with Crippen LogP contribution in [0.1, 0.15) is 39.2 Å². The van der Waals surface area contributed by atoms with E-state index in [0.717, 1.165) is 57.7 Å². The number of hydrogen-bond acceptors (Lipinski definition) is 9. The van der Waals surface area contributed by atoms with Crippen molar-refractivity contribution in [2.75, 3.05) is 16.8 Å². The molecular formula is C26H27N9OS. The number of carbonyl (C=O) groups is 1. The van der Waals surface area contributed by atoms with E-state index in [2.05, 4.69) is 50.7 Å². The van der Waals surface area contributed by atoms with Crippen LogP contribution in [0.15, 0.2) is 36.7 Å². The van der Waals surface area contributed by atoms with Gasteiger partial charge in [-0.25, -0.2) is 4.52 Å². The Kier molecular flexibility index (Phi) is 5.76. The highest BCUT2D eigenvalue weighted by Gasteiger charge is 2.46. The topological polar surface area (TPSA) is 124 Å². The molecule has 4 aromatic heterocycles. The summed E-state index contributed by atoms with van der Waals surface area (Å²) in [4.78, 5) is 18.6. The first-order valence-electron chi connectivity index (χ1n) is 12.4. The fourth-order valence-electron chi connectivity index (χ4n) is 5.52. The lowest BCUT2D eigenvalue weighted by Gasteiger charge is -2.31. The molecule has 2 N–H and O–H groups in total. The van der Waals surface area contributed by atoms with E-state index >= 15 is 0 Å². The fraction of sp³-hybridized carbons (Fsp3) is 0.385. The second-order valence-corrected chi connectivity index (χ2v) is 11.0. The Balaban J connectivity index is 1.29. The molecular weight excluding hydrogens is 486 g/mol. The van der Waals surface area contributed by atoms with Crippen molar-refractivity contribution < 1.29 is 4.79 Å². The van der Waals surface area contributed by atoms with Crippen LogP contribution in [-0.2, 0) is 4.79 Å². The van der Waals surface area contributed by atoms with Crippen LogP contribution < -0.4 is 15.5 Å². The Hall–Kier alpha value is -4.04. The summed E-state index contributed by atoms with van der Waals surface area (Å²) in [5, 5.41) is 31.1. The first-order chi connectivity index (χ1) is 17.9. The SMILES string of the molecule is CC(=O)N[C@H]1C[C@@H]2C[C@H]1CN2c1nnc(-c2cnc(-c3ccc4cc(C#N)cnn34)cc2NC(C)C)s1. The van der Waals surface area contributed by atoms with E-state index in [0.29, 0.717) is 17.5 Å². The number of nitrogens with zero attached hydrogens (tertiary/aromatic N) is 7. The van der Waals surface area contributed by atoms with E-state index in [9.17, 15) is 10.1 Å². The zero-order chi connectivity index (χ0) is 25.7. The zero-order valence-corrected chi connectivity index (χ0v) is 21.7. The third kappa shape index (κ3) is 4.27. The van der Waals surface area contributed by atoms with E-state index in [1.54, 1.807) is 29.0 Å². The molecule has 188 valence electrons. The average molecular weight is 514 g/mol. The molecule has 3 atom stereocenters. The Morgan fingerprint density at radius 2 is 2.08 bits per heavy atom. The second-order valence-electron chi connectivity index (χ2n) is 10.1. The first-order valence-corrected chi connectivity index (χ1v) is 13.2. The van der Waals surface area contributed by atoms with Crippen LogP contribution in [0.2, 0.25) is 0 Å². The molecule has 10 nitrogen and oxygen atoms in total. The summed E-state index contributed by atoms with van der Waals surface area (Å²) in [7, 11) is 0. The minimum Gasteiger partial charge on any atom is -0.382 e. The molecule has 5 heterocycles. The summed E-state index contributed by atoms with van der Waals surface area (Å²) in [5.41, 5.74) is 4.81. The minimum atomic E-state index is 0.0410. The highest BCUT2D eigenvalue weighted by atomic mass is 32.1. The van der Waals surface area contributed by atoms with Crippen molar-refractivity contribution in [3.8, 4) is 28.0 Å². The Bertz CT molecular complexity index is 1530. The Morgan fingerprint density at radius 3 is 2.81 bits per heavy atom. The summed E-state index contributed by atoms with van der Waals surface area (Å²) in [6.07, 6.45) is 5.43. The van der Waals surface area contributed by atoms with Gasteiger partial charge in [0.25, 0.3) is 0 Å². The van der Waals surface area contributed by atoms with Crippen LogP contribution >= 0.6 is 11.3 Å². The normalized spacial score (nSPS) is 20.5. The molecule has 37 heavy (non-hydrogen) atoms. The average Bonchev–Trinajstić information content (AvgIpc) is 3.65. The predicted octanol–water partition coefficient (Wildman–Crippen LogP) is 3.71. The summed E-state index contributed by atoms with van der Waals surface area (Å²) in [5.74, 6) is 0.495. The van der Waals surface area contributed by atoms with Crippen molar-refractivity contribution >= 4 is 33.6 Å². The number of fused-ring (bicyclic) bond motifs is 3. The van der Waals surface area contributed by atoms with Crippen LogP contribution in [0.5, 0.6) is 0 Å². The van der Waals surface area contributed by atoms with Crippen LogP contribution in [0.25, 0.3) is 27.5 Å². The van der Waals surface area contributed by atoms with Gasteiger partial charge in [-0.05, 0) is 56.9 Å². The lowest BCUT2D eigenvalue weighted by Crippen LogP contribution is -2.45. The van der Waals surface area contributed by atoms with Crippen molar-refractivity contribution in [2.45, 2.75) is 51.7 Å². The van der Waals surface area contributed by atoms with E-state index in [4.69, 9.17) is 4.98 Å². The van der Waals surface area contributed by atoms with Gasteiger partial charge < -0.3 is 15.5 Å². The number of anilines is 2. The fourth-order valence-corrected chi connectivity index (χ4v) is 6.47. The minimum absolute atomic E-state index is 0.0410. The Morgan fingerprint density at radius 1 is 1.22 bits per heavy atom. The van der Waals surface area contributed by atoms with Crippen molar-refractivity contribution in [1.82, 2.24) is 30.1 Å². The Labute approximate surface area is 218 Å². The van der Waals surface area contributed by atoms with Crippen LogP contribution in [0, 0.1) is 17.2 Å². The van der Waals surface area contributed by atoms with E-state index < -0.39 is 0 Å². The van der Waals surface area contributed by atoms with Gasteiger partial charge in [-0.15, -0.1) is 10.2 Å². The van der Waals surface area contributed by atoms with Gasteiger partial charge in [0.15, 0.2) is 5.01 Å². The maximum Gasteiger partial charge on any atom is 0.217 e. The van der Waals surface area contributed by atoms with E-state index in [-0.39, 0.29) is 18.0 Å². The summed E-state index contributed by atoms with van der Waals surface area (Å²) in [6.45, 7) is 6.67. The number of pyridine rings is 1. The smallest absolute Gasteiger partial charge is 0.217 e. The highest BCUT2D eigenvalue weighted by Crippen LogP contribution is 2.43. The van der Waals surface area contributed by atoms with Gasteiger partial charge in [0.05, 0.1) is 34.2 Å². The molecule has 1 aliphatic heterocycles. The van der Waals surface area contributed by atoms with Gasteiger partial charge in [0.1, 0.15) is 6.07 Å². The standard InChI is InChI=1S/C26H27N9OS/c1-14(2)30-22-9-23(24-5-4-18-6-16(10-27)11-29-35(18)24)28-12-20(22)25-32-33-26(37-25)34-13-17-7-19(34)8-21(17)31-15(3)36/h4-6,9,11-12,14,17,19,21H,7-8,13H2,1-3H3,(H,28,30)(H,31,36)/t17-,19-,21-/m0/s1. The van der Waals surface area contributed by atoms with Crippen molar-refractivity contribution in [3.05, 3.63) is 42.2 Å². The molecule has 11 heteroatoms. The molecule has 1 amide bonds. The molecule has 0 aromatic carbocycles. The van der Waals surface area contributed by atoms with Crippen molar-refractivity contribution in [1.29, 1.82) is 5.26 Å². The number of amides is 1. The van der Waals surface area contributed by atoms with Crippen molar-refractivity contribution in [3.63, 3.8) is 0 Å². The number of carbonyl (C=O) groups excluding carboxylic acids is 1. The molecule has 6 rings (SSSR count). The molecule has 0 spiro atoms. The van der Waals surface area contributed by atoms with E-state index in [1.165, 1.54) is 0 Å². The van der Waals surface area contributed by atoms with Gasteiger partial charge in [-0.3, -0.25) is 9.78 Å². The molecule has 2 fully saturated rings. The largest absolute Gasteiger partial charge is 0.382 e. The summed E-state index contributed by atoms with van der Waals surface area (Å²) in [6, 6.07) is 10.7. The quantitative estimate of drug-likeness (QED) is 0.400. The highest BCUT2D eigenvalue weighted by molar-refractivity contribution is 7.18. The maximum atomic E-state index is 11.5. The number of hydrogen-bond donors (Lipinski definition) is 2. The lowest BCUT2D eigenvalue weighted by atomic mass is 10.0. The van der Waals surface area contributed by atoms with Gasteiger partial charge in [0, 0.05) is 43.5 Å². The monoisotopic (exact) mass is 513 g/mol. The maximum absolute atomic E-state index is 11.5. The lowest BCUT2D eigenvalue weighted by molar-refractivity contribution is -0.119. The molecule has 1 saturated carbocycles. The zero-order valence-electron chi connectivity index (χ0n) is 20.8. The number of aromatic nitrogens is 5. The predicted molar refractivity (Wildman–Crippen MR) is 142 cm³/mol. The van der Waals surface area contributed by atoms with Gasteiger partial charge in [-0.1, -0.05) is 11.3 Å². The summed E-state index contributed by atoms with van der Waals surface area (Å²) >= 11 is 1.58.